The highest BCUT2D eigenvalue weighted by Gasteiger charge is 2.57. The third-order valence-electron chi connectivity index (χ3n) is 7.86. The molecule has 0 radical (unpaired) electrons. The lowest BCUT2D eigenvalue weighted by Crippen LogP contribution is -2.51. The van der Waals surface area contributed by atoms with Crippen LogP contribution in [0, 0.1) is 39.4 Å². The molecule has 4 aliphatic carbocycles. The van der Waals surface area contributed by atoms with Crippen LogP contribution >= 0.6 is 22.6 Å². The molecule has 0 spiro atoms. The fourth-order valence-corrected chi connectivity index (χ4v) is 7.36. The standard InChI is InChI=1S/C19H26INO/c1-18-9-7-13(21-22)11-12(18)3-4-14-15-5-6-17(20)19(15,2)10-8-16(14)18/h6,11-12,14-16H,3-5,7-10H2,1-2H3/t12?,14-,15-,16-,18-,19-/m0/s1. The van der Waals surface area contributed by atoms with Crippen molar-refractivity contribution in [3.63, 3.8) is 0 Å². The highest BCUT2D eigenvalue weighted by Crippen LogP contribution is 2.66. The van der Waals surface area contributed by atoms with Crippen LogP contribution in [0.2, 0.25) is 0 Å². The number of halogens is 1. The maximum atomic E-state index is 10.9. The van der Waals surface area contributed by atoms with Crippen molar-refractivity contribution in [2.45, 2.75) is 58.8 Å². The number of nitroso groups, excluding NO2 is 1. The van der Waals surface area contributed by atoms with E-state index in [2.05, 4.69) is 53.8 Å². The lowest BCUT2D eigenvalue weighted by molar-refractivity contribution is -0.0747. The first-order chi connectivity index (χ1) is 10.5. The average molecular weight is 411 g/mol. The molecule has 0 N–H and O–H groups in total. The SMILES string of the molecule is C[C@]12CCC(N=O)=CC1CC[C@@H]1[C@@H]2CC[C@]2(C)C(I)=CC[C@@H]12. The molecule has 0 saturated heterocycles. The van der Waals surface area contributed by atoms with E-state index in [0.29, 0.717) is 16.7 Å². The Balaban J connectivity index is 1.65. The first-order valence-electron chi connectivity index (χ1n) is 8.89. The number of nitrogens with zero attached hydrogens (tertiary/aromatic N) is 1. The molecule has 2 fully saturated rings. The zero-order valence-electron chi connectivity index (χ0n) is 13.6. The first-order valence-corrected chi connectivity index (χ1v) is 9.97. The van der Waals surface area contributed by atoms with Gasteiger partial charge in [0, 0.05) is 5.41 Å². The fourth-order valence-electron chi connectivity index (χ4n) is 6.43. The summed E-state index contributed by atoms with van der Waals surface area (Å²) in [6.45, 7) is 5.03. The molecule has 120 valence electrons. The zero-order chi connectivity index (χ0) is 15.5. The van der Waals surface area contributed by atoms with Crippen LogP contribution in [0.4, 0.5) is 0 Å². The molecule has 0 bridgehead atoms. The molecule has 4 aliphatic rings. The molecule has 1 unspecified atom stereocenters. The van der Waals surface area contributed by atoms with Gasteiger partial charge in [-0.2, -0.15) is 0 Å². The summed E-state index contributed by atoms with van der Waals surface area (Å²) in [7, 11) is 0. The smallest absolute Gasteiger partial charge is 0.0812 e. The molecule has 0 amide bonds. The predicted molar refractivity (Wildman–Crippen MR) is 98.5 cm³/mol. The molecule has 2 saturated carbocycles. The van der Waals surface area contributed by atoms with Gasteiger partial charge in [-0.15, -0.1) is 4.91 Å². The van der Waals surface area contributed by atoms with Gasteiger partial charge >= 0.3 is 0 Å². The topological polar surface area (TPSA) is 29.4 Å². The van der Waals surface area contributed by atoms with Crippen molar-refractivity contribution in [1.29, 1.82) is 0 Å². The van der Waals surface area contributed by atoms with Crippen LogP contribution in [-0.4, -0.2) is 0 Å². The van der Waals surface area contributed by atoms with Gasteiger partial charge in [0.25, 0.3) is 0 Å². The second-order valence-electron chi connectivity index (χ2n) is 8.56. The van der Waals surface area contributed by atoms with Gasteiger partial charge in [0.05, 0.1) is 5.70 Å². The highest BCUT2D eigenvalue weighted by atomic mass is 127. The van der Waals surface area contributed by atoms with Gasteiger partial charge in [-0.3, -0.25) is 0 Å². The lowest BCUT2D eigenvalue weighted by Gasteiger charge is -2.59. The number of hydrogen-bond acceptors (Lipinski definition) is 2. The van der Waals surface area contributed by atoms with E-state index in [0.717, 1.165) is 29.9 Å². The maximum absolute atomic E-state index is 10.9. The van der Waals surface area contributed by atoms with E-state index in [1.165, 1.54) is 38.5 Å². The normalized spacial score (nSPS) is 50.3. The van der Waals surface area contributed by atoms with Gasteiger partial charge < -0.3 is 0 Å². The zero-order valence-corrected chi connectivity index (χ0v) is 15.8. The summed E-state index contributed by atoms with van der Waals surface area (Å²) >= 11 is 2.60. The van der Waals surface area contributed by atoms with E-state index in [4.69, 9.17) is 0 Å². The minimum atomic E-state index is 0.409. The molecular formula is C19H26INO. The number of rotatable bonds is 1. The van der Waals surface area contributed by atoms with E-state index in [9.17, 15) is 4.91 Å². The Morgan fingerprint density at radius 3 is 2.77 bits per heavy atom. The van der Waals surface area contributed by atoms with Crippen molar-refractivity contribution in [2.75, 3.05) is 0 Å². The minimum absolute atomic E-state index is 0.409. The van der Waals surface area contributed by atoms with E-state index >= 15 is 0 Å². The van der Waals surface area contributed by atoms with E-state index < -0.39 is 0 Å². The summed E-state index contributed by atoms with van der Waals surface area (Å²) < 4.78 is 1.62. The Morgan fingerprint density at radius 1 is 1.18 bits per heavy atom. The van der Waals surface area contributed by atoms with E-state index in [-0.39, 0.29) is 0 Å². The van der Waals surface area contributed by atoms with Gasteiger partial charge in [0.2, 0.25) is 0 Å². The Hall–Kier alpha value is -0.190. The molecule has 0 aromatic heterocycles. The quantitative estimate of drug-likeness (QED) is 0.372. The largest absolute Gasteiger partial charge is 0.145 e. The second kappa shape index (κ2) is 5.15. The summed E-state index contributed by atoms with van der Waals surface area (Å²) in [5.74, 6) is 3.20. The van der Waals surface area contributed by atoms with Crippen molar-refractivity contribution in [3.8, 4) is 0 Å². The molecule has 0 aromatic carbocycles. The molecule has 22 heavy (non-hydrogen) atoms. The monoisotopic (exact) mass is 411 g/mol. The summed E-state index contributed by atoms with van der Waals surface area (Å²) in [6.07, 6.45) is 13.5. The van der Waals surface area contributed by atoms with Gasteiger partial charge in [-0.25, -0.2) is 0 Å². The van der Waals surface area contributed by atoms with Crippen molar-refractivity contribution in [2.24, 2.45) is 39.7 Å². The fraction of sp³-hybridized carbons (Fsp3) is 0.789. The molecule has 3 heteroatoms. The summed E-state index contributed by atoms with van der Waals surface area (Å²) in [6, 6.07) is 0. The molecule has 0 heterocycles. The van der Waals surface area contributed by atoms with Gasteiger partial charge in [-0.05, 0) is 105 Å². The average Bonchev–Trinajstić information content (AvgIpc) is 2.82. The second-order valence-corrected chi connectivity index (χ2v) is 9.72. The Kier molecular flexibility index (Phi) is 3.59. The van der Waals surface area contributed by atoms with Crippen molar-refractivity contribution >= 4 is 22.6 Å². The number of hydrogen-bond donors (Lipinski definition) is 0. The molecular weight excluding hydrogens is 385 g/mol. The van der Waals surface area contributed by atoms with Gasteiger partial charge in [-0.1, -0.05) is 26.0 Å². The van der Waals surface area contributed by atoms with Crippen LogP contribution in [-0.2, 0) is 0 Å². The van der Waals surface area contributed by atoms with E-state index in [1.54, 1.807) is 3.58 Å². The first kappa shape index (κ1) is 15.3. The molecule has 0 aliphatic heterocycles. The van der Waals surface area contributed by atoms with Crippen LogP contribution in [0.3, 0.4) is 0 Å². The lowest BCUT2D eigenvalue weighted by atomic mass is 9.46. The minimum Gasteiger partial charge on any atom is -0.145 e. The van der Waals surface area contributed by atoms with Crippen molar-refractivity contribution in [1.82, 2.24) is 0 Å². The van der Waals surface area contributed by atoms with Gasteiger partial charge in [0.1, 0.15) is 0 Å². The molecule has 0 aromatic rings. The predicted octanol–water partition coefficient (Wildman–Crippen LogP) is 6.22. The Labute approximate surface area is 147 Å². The van der Waals surface area contributed by atoms with Crippen LogP contribution in [0.15, 0.2) is 26.6 Å². The summed E-state index contributed by atoms with van der Waals surface area (Å²) in [4.78, 5) is 10.9. The number of fused-ring (bicyclic) bond motifs is 5. The third kappa shape index (κ3) is 1.96. The van der Waals surface area contributed by atoms with Gasteiger partial charge in [0.15, 0.2) is 0 Å². The Morgan fingerprint density at radius 2 is 2.00 bits per heavy atom. The van der Waals surface area contributed by atoms with Crippen LogP contribution in [0.5, 0.6) is 0 Å². The number of allylic oxidation sites excluding steroid dienone is 4. The van der Waals surface area contributed by atoms with E-state index in [1.807, 2.05) is 0 Å². The van der Waals surface area contributed by atoms with Crippen LogP contribution < -0.4 is 0 Å². The van der Waals surface area contributed by atoms with Crippen molar-refractivity contribution in [3.05, 3.63) is 26.3 Å². The summed E-state index contributed by atoms with van der Waals surface area (Å²) in [5, 5.41) is 3.25. The molecule has 6 atom stereocenters. The van der Waals surface area contributed by atoms with Crippen LogP contribution in [0.1, 0.15) is 58.8 Å². The maximum Gasteiger partial charge on any atom is 0.0812 e. The summed E-state index contributed by atoms with van der Waals surface area (Å²) in [5.41, 5.74) is 1.69. The highest BCUT2D eigenvalue weighted by molar-refractivity contribution is 14.1. The molecule has 4 rings (SSSR count). The van der Waals surface area contributed by atoms with Crippen LogP contribution in [0.25, 0.3) is 0 Å². The third-order valence-corrected chi connectivity index (χ3v) is 9.53. The van der Waals surface area contributed by atoms with Crippen molar-refractivity contribution < 1.29 is 0 Å². The molecule has 2 nitrogen and oxygen atoms in total. The Bertz CT molecular complexity index is 568.